The molecule has 0 spiro atoms. The van der Waals surface area contributed by atoms with Crippen LogP contribution in [0.25, 0.3) is 0 Å². The summed E-state index contributed by atoms with van der Waals surface area (Å²) in [5.74, 6) is -0.747. The summed E-state index contributed by atoms with van der Waals surface area (Å²) in [6.45, 7) is 8.93. The molecule has 2 saturated heterocycles. The molecule has 8 nitrogen and oxygen atoms in total. The number of rotatable bonds is 9. The largest absolute Gasteiger partial charge is 0.544 e. The van der Waals surface area contributed by atoms with E-state index in [1.165, 1.54) is 13.5 Å². The molecule has 7 atom stereocenters. The topological polar surface area (TPSA) is 89.5 Å². The Kier molecular flexibility index (Phi) is 11.2. The predicted molar refractivity (Wildman–Crippen MR) is 110 cm³/mol. The Morgan fingerprint density at radius 1 is 1.06 bits per heavy atom. The van der Waals surface area contributed by atoms with E-state index in [9.17, 15) is 9.59 Å². The van der Waals surface area contributed by atoms with Crippen molar-refractivity contribution < 1.29 is 70.7 Å². The molecule has 1 radical (unpaired) electrons. The predicted octanol–water partition coefficient (Wildman–Crippen LogP) is 2.89. The first-order valence-electron chi connectivity index (χ1n) is 10.7. The molecule has 175 valence electrons. The molecule has 0 aromatic heterocycles. The van der Waals surface area contributed by atoms with E-state index in [0.717, 1.165) is 0 Å². The normalized spacial score (nSPS) is 31.7. The Morgan fingerprint density at radius 2 is 1.78 bits per heavy atom. The van der Waals surface area contributed by atoms with E-state index in [4.69, 9.17) is 28.4 Å². The van der Waals surface area contributed by atoms with Crippen molar-refractivity contribution in [2.24, 2.45) is 5.92 Å². The van der Waals surface area contributed by atoms with Gasteiger partial charge in [0.05, 0.1) is 24.4 Å². The van der Waals surface area contributed by atoms with Crippen LogP contribution in [0.4, 0.5) is 0 Å². The van der Waals surface area contributed by atoms with Gasteiger partial charge in [0.1, 0.15) is 25.1 Å². The summed E-state index contributed by atoms with van der Waals surface area (Å²) in [6.07, 6.45) is -1.47. The van der Waals surface area contributed by atoms with Gasteiger partial charge in [0, 0.05) is 51.7 Å². The average molecular weight is 524 g/mol. The molecular formula is C23H31O8Y-. The molecule has 32 heavy (non-hydrogen) atoms. The number of esters is 2. The summed E-state index contributed by atoms with van der Waals surface area (Å²) < 4.78 is 33.9. The maximum Gasteiger partial charge on any atom is 0.338 e. The van der Waals surface area contributed by atoms with Crippen molar-refractivity contribution in [3.05, 3.63) is 42.5 Å². The number of benzene rings is 1. The number of ether oxygens (including phenoxy) is 6. The van der Waals surface area contributed by atoms with Crippen LogP contribution in [0.2, 0.25) is 0 Å². The fraction of sp³-hybridized carbons (Fsp3) is 0.609. The maximum atomic E-state index is 12.5. The minimum Gasteiger partial charge on any atom is -0.544 e. The smallest absolute Gasteiger partial charge is 0.338 e. The standard InChI is InChI=1S/C23H31O8.Y/c1-5-18-22(30-16(4)24)19(12-27-18)28-13-26-11-20-21(14(2)15(3)29-20)31-23(25)17-9-7-6-8-10-17;/h6-10,12,14-15,18-22H,5,11,13H2,1-4H3;/q-1;/t14?,15-,18+,19?,20+,21+,22-;/m0./s1. The van der Waals surface area contributed by atoms with Crippen LogP contribution in [0, 0.1) is 12.5 Å². The Bertz CT molecular complexity index is 730. The van der Waals surface area contributed by atoms with Crippen molar-refractivity contribution in [3.8, 4) is 0 Å². The van der Waals surface area contributed by atoms with Crippen molar-refractivity contribution in [1.29, 1.82) is 0 Å². The van der Waals surface area contributed by atoms with Crippen LogP contribution < -0.4 is 0 Å². The van der Waals surface area contributed by atoms with Gasteiger partial charge in [-0.2, -0.15) is 6.61 Å². The Balaban J connectivity index is 0.00000363. The first kappa shape index (κ1) is 27.3. The number of carbonyl (C=O) groups excluding carboxylic acids is 2. The van der Waals surface area contributed by atoms with E-state index in [2.05, 4.69) is 0 Å². The van der Waals surface area contributed by atoms with E-state index >= 15 is 0 Å². The summed E-state index contributed by atoms with van der Waals surface area (Å²) in [7, 11) is 0. The van der Waals surface area contributed by atoms with Crippen molar-refractivity contribution in [1.82, 2.24) is 0 Å². The Hall–Kier alpha value is -0.896. The second-order valence-electron chi connectivity index (χ2n) is 7.89. The SMILES string of the molecule is CC[C@H]1O[CH-]C(OCOC[C@H]2O[C@@H](C)C(C)[C@H]2OC(=O)c2ccccc2)[C@H]1OC(C)=O.[Y]. The molecule has 0 N–H and O–H groups in total. The minimum atomic E-state index is -0.511. The first-order valence-corrected chi connectivity index (χ1v) is 10.7. The molecule has 2 heterocycles. The van der Waals surface area contributed by atoms with Gasteiger partial charge in [0.2, 0.25) is 0 Å². The second kappa shape index (κ2) is 13.1. The summed E-state index contributed by atoms with van der Waals surface area (Å²) in [5.41, 5.74) is 0.496. The summed E-state index contributed by atoms with van der Waals surface area (Å²) in [6, 6.07) is 8.87. The zero-order chi connectivity index (χ0) is 22.4. The van der Waals surface area contributed by atoms with Gasteiger partial charge in [0.25, 0.3) is 0 Å². The quantitative estimate of drug-likeness (QED) is 0.211. The zero-order valence-electron chi connectivity index (χ0n) is 19.0. The summed E-state index contributed by atoms with van der Waals surface area (Å²) >= 11 is 0. The molecule has 0 saturated carbocycles. The van der Waals surface area contributed by atoms with E-state index in [1.807, 2.05) is 26.8 Å². The van der Waals surface area contributed by atoms with Gasteiger partial charge < -0.3 is 28.4 Å². The number of hydrogen-bond acceptors (Lipinski definition) is 8. The van der Waals surface area contributed by atoms with Gasteiger partial charge in [-0.25, -0.2) is 4.79 Å². The second-order valence-corrected chi connectivity index (χ2v) is 7.89. The van der Waals surface area contributed by atoms with Gasteiger partial charge in [-0.15, -0.1) is 0 Å². The van der Waals surface area contributed by atoms with Crippen LogP contribution in [-0.4, -0.2) is 62.0 Å². The molecule has 2 aliphatic heterocycles. The van der Waals surface area contributed by atoms with Crippen LogP contribution in [0.15, 0.2) is 30.3 Å². The van der Waals surface area contributed by atoms with Gasteiger partial charge >= 0.3 is 11.9 Å². The van der Waals surface area contributed by atoms with Gasteiger partial charge in [-0.3, -0.25) is 4.79 Å². The van der Waals surface area contributed by atoms with Crippen molar-refractivity contribution in [2.45, 2.75) is 70.7 Å². The molecule has 3 rings (SSSR count). The third-order valence-electron chi connectivity index (χ3n) is 5.68. The number of hydrogen-bond donors (Lipinski definition) is 0. The zero-order valence-corrected chi connectivity index (χ0v) is 21.8. The molecular weight excluding hydrogens is 493 g/mol. The van der Waals surface area contributed by atoms with E-state index in [1.54, 1.807) is 24.3 Å². The molecule has 0 amide bonds. The first-order chi connectivity index (χ1) is 14.9. The third kappa shape index (κ3) is 7.05. The molecule has 9 heteroatoms. The van der Waals surface area contributed by atoms with Gasteiger partial charge in [-0.1, -0.05) is 32.0 Å². The molecule has 2 aliphatic rings. The van der Waals surface area contributed by atoms with Crippen molar-refractivity contribution >= 4 is 11.9 Å². The third-order valence-corrected chi connectivity index (χ3v) is 5.68. The van der Waals surface area contributed by atoms with E-state index in [0.29, 0.717) is 12.0 Å². The van der Waals surface area contributed by atoms with E-state index in [-0.39, 0.29) is 76.2 Å². The van der Waals surface area contributed by atoms with Crippen LogP contribution in [0.1, 0.15) is 44.5 Å². The fourth-order valence-electron chi connectivity index (χ4n) is 3.80. The monoisotopic (exact) mass is 524 g/mol. The maximum absolute atomic E-state index is 12.5. The minimum absolute atomic E-state index is 0. The molecule has 1 aromatic carbocycles. The Labute approximate surface area is 214 Å². The summed E-state index contributed by atoms with van der Waals surface area (Å²) in [4.78, 5) is 23.8. The van der Waals surface area contributed by atoms with Crippen LogP contribution in [0.3, 0.4) is 0 Å². The van der Waals surface area contributed by atoms with Crippen LogP contribution in [-0.2, 0) is 65.9 Å². The molecule has 0 bridgehead atoms. The molecule has 2 fully saturated rings. The Morgan fingerprint density at radius 3 is 2.44 bits per heavy atom. The average Bonchev–Trinajstić information content (AvgIpc) is 3.26. The van der Waals surface area contributed by atoms with Crippen molar-refractivity contribution in [3.63, 3.8) is 0 Å². The van der Waals surface area contributed by atoms with Gasteiger partial charge in [-0.05, 0) is 25.5 Å². The van der Waals surface area contributed by atoms with Crippen LogP contribution in [0.5, 0.6) is 0 Å². The number of carbonyl (C=O) groups is 2. The fourth-order valence-corrected chi connectivity index (χ4v) is 3.80. The van der Waals surface area contributed by atoms with Crippen LogP contribution >= 0.6 is 0 Å². The molecule has 0 aliphatic carbocycles. The van der Waals surface area contributed by atoms with Gasteiger partial charge in [0.15, 0.2) is 0 Å². The molecule has 2 unspecified atom stereocenters. The summed E-state index contributed by atoms with van der Waals surface area (Å²) in [5, 5.41) is 0. The van der Waals surface area contributed by atoms with Crippen molar-refractivity contribution in [2.75, 3.05) is 13.4 Å². The molecule has 1 aromatic rings. The van der Waals surface area contributed by atoms with E-state index < -0.39 is 24.4 Å².